The zero-order valence-electron chi connectivity index (χ0n) is 13.2. The third kappa shape index (κ3) is 7.32. The molecule has 0 unspecified atom stereocenters. The van der Waals surface area contributed by atoms with Gasteiger partial charge in [-0.2, -0.15) is 0 Å². The molecule has 0 radical (unpaired) electrons. The first kappa shape index (κ1) is 17.8. The number of ether oxygens (including phenoxy) is 3. The highest BCUT2D eigenvalue weighted by Gasteiger charge is 2.08. The lowest BCUT2D eigenvalue weighted by molar-refractivity contribution is 0.0938. The molecule has 0 heterocycles. The van der Waals surface area contributed by atoms with Crippen LogP contribution in [0.15, 0.2) is 18.2 Å². The van der Waals surface area contributed by atoms with Crippen LogP contribution in [0.1, 0.15) is 26.3 Å². The van der Waals surface area contributed by atoms with E-state index in [0.29, 0.717) is 19.8 Å². The molecule has 1 aromatic rings. The summed E-state index contributed by atoms with van der Waals surface area (Å²) in [6.45, 7) is 9.09. The van der Waals surface area contributed by atoms with Crippen molar-refractivity contribution in [3.8, 4) is 11.5 Å². The van der Waals surface area contributed by atoms with Gasteiger partial charge in [-0.15, -0.1) is 0 Å². The van der Waals surface area contributed by atoms with Crippen LogP contribution < -0.4 is 14.8 Å². The molecule has 2 N–H and O–H groups in total. The molecule has 1 aromatic carbocycles. The largest absolute Gasteiger partial charge is 0.490 e. The molecular weight excluding hydrogens is 270 g/mol. The van der Waals surface area contributed by atoms with E-state index in [4.69, 9.17) is 19.3 Å². The maximum absolute atomic E-state index is 8.60. The second kappa shape index (κ2) is 10.4. The summed E-state index contributed by atoms with van der Waals surface area (Å²) >= 11 is 0. The van der Waals surface area contributed by atoms with Gasteiger partial charge in [0.2, 0.25) is 0 Å². The summed E-state index contributed by atoms with van der Waals surface area (Å²) in [7, 11) is 0. The third-order valence-electron chi connectivity index (χ3n) is 2.66. The third-order valence-corrected chi connectivity index (χ3v) is 2.66. The lowest BCUT2D eigenvalue weighted by Gasteiger charge is -2.15. The summed E-state index contributed by atoms with van der Waals surface area (Å²) in [6.07, 6.45) is 0.122. The van der Waals surface area contributed by atoms with Crippen molar-refractivity contribution in [1.82, 2.24) is 5.32 Å². The summed E-state index contributed by atoms with van der Waals surface area (Å²) < 4.78 is 16.6. The van der Waals surface area contributed by atoms with Gasteiger partial charge in [-0.1, -0.05) is 6.07 Å². The molecule has 0 saturated heterocycles. The Labute approximate surface area is 127 Å². The van der Waals surface area contributed by atoms with E-state index in [1.807, 2.05) is 39.0 Å². The Morgan fingerprint density at radius 2 is 2.00 bits per heavy atom. The quantitative estimate of drug-likeness (QED) is 0.612. The zero-order valence-corrected chi connectivity index (χ0v) is 13.2. The summed E-state index contributed by atoms with van der Waals surface area (Å²) in [5.74, 6) is 1.56. The number of aliphatic hydroxyl groups is 1. The van der Waals surface area contributed by atoms with Crippen molar-refractivity contribution in [1.29, 1.82) is 0 Å². The van der Waals surface area contributed by atoms with E-state index in [0.717, 1.165) is 30.2 Å². The Morgan fingerprint density at radius 3 is 2.67 bits per heavy atom. The van der Waals surface area contributed by atoms with Crippen LogP contribution >= 0.6 is 0 Å². The van der Waals surface area contributed by atoms with Crippen molar-refractivity contribution in [2.75, 3.05) is 33.0 Å². The molecule has 5 nitrogen and oxygen atoms in total. The van der Waals surface area contributed by atoms with Crippen molar-refractivity contribution in [2.24, 2.45) is 0 Å². The topological polar surface area (TPSA) is 60.0 Å². The predicted octanol–water partition coefficient (Wildman–Crippen LogP) is 1.97. The maximum Gasteiger partial charge on any atom is 0.161 e. The van der Waals surface area contributed by atoms with Crippen LogP contribution in [-0.2, 0) is 11.3 Å². The van der Waals surface area contributed by atoms with Crippen LogP contribution in [0.25, 0.3) is 0 Å². The fraction of sp³-hybridized carbons (Fsp3) is 0.625. The average molecular weight is 297 g/mol. The lowest BCUT2D eigenvalue weighted by Crippen LogP contribution is -2.20. The summed E-state index contributed by atoms with van der Waals surface area (Å²) in [6, 6.07) is 5.98. The van der Waals surface area contributed by atoms with Crippen molar-refractivity contribution in [3.05, 3.63) is 23.8 Å². The number of benzene rings is 1. The van der Waals surface area contributed by atoms with E-state index in [9.17, 15) is 0 Å². The van der Waals surface area contributed by atoms with E-state index >= 15 is 0 Å². The molecule has 0 aromatic heterocycles. The van der Waals surface area contributed by atoms with Gasteiger partial charge in [0.15, 0.2) is 11.5 Å². The molecule has 120 valence electrons. The van der Waals surface area contributed by atoms with Crippen molar-refractivity contribution in [3.63, 3.8) is 0 Å². The minimum atomic E-state index is 0.0645. The van der Waals surface area contributed by atoms with Crippen LogP contribution in [0.4, 0.5) is 0 Å². The van der Waals surface area contributed by atoms with E-state index in [-0.39, 0.29) is 12.7 Å². The highest BCUT2D eigenvalue weighted by molar-refractivity contribution is 5.43. The second-order valence-electron chi connectivity index (χ2n) is 4.89. The van der Waals surface area contributed by atoms with Gasteiger partial charge < -0.3 is 24.6 Å². The Kier molecular flexibility index (Phi) is 8.82. The highest BCUT2D eigenvalue weighted by Crippen LogP contribution is 2.29. The first-order valence-corrected chi connectivity index (χ1v) is 7.49. The molecule has 0 amide bonds. The molecule has 0 fully saturated rings. The normalized spacial score (nSPS) is 10.9. The molecule has 0 aliphatic heterocycles. The Balaban J connectivity index is 2.49. The second-order valence-corrected chi connectivity index (χ2v) is 4.89. The molecule has 0 aliphatic rings. The molecule has 21 heavy (non-hydrogen) atoms. The molecule has 0 bridgehead atoms. The lowest BCUT2D eigenvalue weighted by atomic mass is 10.2. The Bertz CT molecular complexity index is 396. The molecule has 0 spiro atoms. The molecule has 5 heteroatoms. The van der Waals surface area contributed by atoms with E-state index in [1.165, 1.54) is 0 Å². The van der Waals surface area contributed by atoms with Gasteiger partial charge in [0.05, 0.1) is 32.5 Å². The number of hydrogen-bond acceptors (Lipinski definition) is 5. The van der Waals surface area contributed by atoms with E-state index in [2.05, 4.69) is 5.32 Å². The average Bonchev–Trinajstić information content (AvgIpc) is 2.45. The number of rotatable bonds is 11. The van der Waals surface area contributed by atoms with Crippen LogP contribution in [0.2, 0.25) is 0 Å². The SMILES string of the molecule is CCOc1cc(CNCCOCCO)ccc1OC(C)C. The first-order chi connectivity index (χ1) is 10.2. The molecule has 0 atom stereocenters. The van der Waals surface area contributed by atoms with Gasteiger partial charge in [-0.25, -0.2) is 0 Å². The molecule has 0 aliphatic carbocycles. The highest BCUT2D eigenvalue weighted by atomic mass is 16.5. The maximum atomic E-state index is 8.60. The Morgan fingerprint density at radius 1 is 1.19 bits per heavy atom. The van der Waals surface area contributed by atoms with Gasteiger partial charge >= 0.3 is 0 Å². The van der Waals surface area contributed by atoms with Gasteiger partial charge in [0, 0.05) is 13.1 Å². The number of hydrogen-bond donors (Lipinski definition) is 2. The monoisotopic (exact) mass is 297 g/mol. The van der Waals surface area contributed by atoms with Crippen LogP contribution in [0.3, 0.4) is 0 Å². The van der Waals surface area contributed by atoms with Crippen molar-refractivity contribution >= 4 is 0 Å². The minimum absolute atomic E-state index is 0.0645. The number of aliphatic hydroxyl groups excluding tert-OH is 1. The smallest absolute Gasteiger partial charge is 0.161 e. The van der Waals surface area contributed by atoms with Crippen LogP contribution in [0, 0.1) is 0 Å². The minimum Gasteiger partial charge on any atom is -0.490 e. The van der Waals surface area contributed by atoms with Crippen molar-refractivity contribution < 1.29 is 19.3 Å². The standard InChI is InChI=1S/C16H27NO4/c1-4-20-16-11-14(5-6-15(16)21-13(2)3)12-17-7-9-19-10-8-18/h5-6,11,13,17-18H,4,7-10,12H2,1-3H3. The molecule has 0 saturated carbocycles. The fourth-order valence-corrected chi connectivity index (χ4v) is 1.83. The fourth-order valence-electron chi connectivity index (χ4n) is 1.83. The molecular formula is C16H27NO4. The van der Waals surface area contributed by atoms with Gasteiger partial charge in [-0.05, 0) is 38.5 Å². The van der Waals surface area contributed by atoms with Gasteiger partial charge in [0.1, 0.15) is 0 Å². The first-order valence-electron chi connectivity index (χ1n) is 7.49. The molecule has 1 rings (SSSR count). The zero-order chi connectivity index (χ0) is 15.5. The Hall–Kier alpha value is -1.30. The summed E-state index contributed by atoms with van der Waals surface area (Å²) in [5.41, 5.74) is 1.14. The van der Waals surface area contributed by atoms with Crippen LogP contribution in [-0.4, -0.2) is 44.2 Å². The van der Waals surface area contributed by atoms with E-state index < -0.39 is 0 Å². The number of nitrogens with one attached hydrogen (secondary N) is 1. The summed E-state index contributed by atoms with van der Waals surface area (Å²) in [4.78, 5) is 0. The predicted molar refractivity (Wildman–Crippen MR) is 83.0 cm³/mol. The van der Waals surface area contributed by atoms with E-state index in [1.54, 1.807) is 0 Å². The van der Waals surface area contributed by atoms with Crippen LogP contribution in [0.5, 0.6) is 11.5 Å². The summed E-state index contributed by atoms with van der Waals surface area (Å²) in [5, 5.41) is 11.9. The van der Waals surface area contributed by atoms with Gasteiger partial charge in [0.25, 0.3) is 0 Å². The van der Waals surface area contributed by atoms with Crippen molar-refractivity contribution in [2.45, 2.75) is 33.4 Å². The van der Waals surface area contributed by atoms with Gasteiger partial charge in [-0.3, -0.25) is 0 Å².